The number of unbranched alkanes of at least 4 members (excludes halogenated alkanes) is 1. The molecule has 2 aliphatic rings. The summed E-state index contributed by atoms with van der Waals surface area (Å²) in [5, 5.41) is 50.2. The lowest BCUT2D eigenvalue weighted by Crippen LogP contribution is -2.53. The Morgan fingerprint density at radius 1 is 0.788 bits per heavy atom. The van der Waals surface area contributed by atoms with Gasteiger partial charge in [0, 0.05) is 90.7 Å². The molecule has 0 spiro atoms. The van der Waals surface area contributed by atoms with Gasteiger partial charge in [0.15, 0.2) is 6.04 Å². The lowest BCUT2D eigenvalue weighted by Gasteiger charge is -2.38. The molecule has 6 rings (SSSR count). The van der Waals surface area contributed by atoms with Crippen molar-refractivity contribution in [2.75, 3.05) is 127 Å². The number of aromatic hydroxyl groups is 1. The van der Waals surface area contributed by atoms with Crippen molar-refractivity contribution in [3.05, 3.63) is 53.6 Å². The molecule has 0 saturated carbocycles. The first kappa shape index (κ1) is 49.4. The molecule has 1 aromatic carbocycles. The number of aliphatic hydroxyl groups excluding tert-OH is 2. The summed E-state index contributed by atoms with van der Waals surface area (Å²) in [6, 6.07) is 5.08. The van der Waals surface area contributed by atoms with E-state index in [4.69, 9.17) is 41.3 Å². The molecule has 358 valence electrons. The van der Waals surface area contributed by atoms with E-state index in [0.717, 1.165) is 24.1 Å². The summed E-state index contributed by atoms with van der Waals surface area (Å²) in [6.45, 7) is 7.87. The Kier molecular flexibility index (Phi) is 19.2. The van der Waals surface area contributed by atoms with Crippen molar-refractivity contribution < 1.29 is 39.1 Å². The van der Waals surface area contributed by atoms with E-state index in [0.29, 0.717) is 141 Å². The number of hydrogen-bond donors (Lipinski definition) is 5. The number of anilines is 3. The molecule has 23 nitrogen and oxygen atoms in total. The zero-order chi connectivity index (χ0) is 46.7. The van der Waals surface area contributed by atoms with E-state index in [2.05, 4.69) is 31.9 Å². The number of hydrogen-bond acceptors (Lipinski definition) is 19. The molecule has 3 atom stereocenters. The SMILES string of the molecule is C#CCOCCOCCOCCNc1nc(N2CCN(C(=O)[C@H]([C@@H](C)O)n3cc(CCCCN)nn3)CC2)nc(N2CCN(C(=O)[C@H](Cc3ccc(O)cc3)n3cc(CCO)nn3)CC2)n1. The fraction of sp³-hybridized carbons (Fsp3) is 0.605. The number of rotatable bonds is 26. The number of aryl methyl sites for hydroxylation is 1. The van der Waals surface area contributed by atoms with Crippen LogP contribution in [-0.2, 0) is 43.1 Å². The third-order valence-electron chi connectivity index (χ3n) is 11.2. The molecule has 2 aliphatic heterocycles. The van der Waals surface area contributed by atoms with Crippen LogP contribution < -0.4 is 20.9 Å². The molecule has 5 heterocycles. The number of amides is 2. The summed E-state index contributed by atoms with van der Waals surface area (Å²) in [5.74, 6) is 3.36. The molecular weight excluding hydrogens is 855 g/mol. The normalized spacial score (nSPS) is 15.7. The first-order valence-corrected chi connectivity index (χ1v) is 22.5. The van der Waals surface area contributed by atoms with Gasteiger partial charge in [-0.05, 0) is 50.4 Å². The summed E-state index contributed by atoms with van der Waals surface area (Å²) in [4.78, 5) is 50.1. The quantitative estimate of drug-likeness (QED) is 0.0376. The Bertz CT molecular complexity index is 2130. The predicted octanol–water partition coefficient (Wildman–Crippen LogP) is -0.925. The van der Waals surface area contributed by atoms with Gasteiger partial charge in [-0.3, -0.25) is 9.59 Å². The number of benzene rings is 1. The Balaban J connectivity index is 1.11. The van der Waals surface area contributed by atoms with Crippen LogP contribution in [0.2, 0.25) is 0 Å². The van der Waals surface area contributed by atoms with E-state index in [1.807, 2.05) is 9.80 Å². The highest BCUT2D eigenvalue weighted by Gasteiger charge is 2.35. The van der Waals surface area contributed by atoms with Crippen molar-refractivity contribution in [1.29, 1.82) is 0 Å². The van der Waals surface area contributed by atoms with E-state index < -0.39 is 18.2 Å². The number of terminal acetylenes is 1. The molecule has 2 saturated heterocycles. The van der Waals surface area contributed by atoms with Gasteiger partial charge in [0.25, 0.3) is 0 Å². The van der Waals surface area contributed by atoms with Gasteiger partial charge in [-0.25, -0.2) is 9.36 Å². The standard InChI is InChI=1S/C43H63N15O8/c1-3-23-64-25-27-66-28-26-65-24-13-45-41-46-42(48-43(47-41)56-20-16-54(17-21-56)40(63)38(32(2)60)58-31-34(49-52-58)6-4-5-12-44)55-18-14-53(15-19-55)39(62)37(29-33-7-9-36(61)10-8-33)57-30-35(11-22-59)50-51-57/h1,7-10,30-32,37-38,59-61H,4-6,11-29,44H2,2H3,(H,45,46,47,48)/t32-,37+,38+/m1/s1. The van der Waals surface area contributed by atoms with E-state index in [1.54, 1.807) is 58.1 Å². The number of carbonyl (C=O) groups is 2. The van der Waals surface area contributed by atoms with Crippen molar-refractivity contribution in [2.24, 2.45) is 5.73 Å². The second kappa shape index (κ2) is 25.6. The van der Waals surface area contributed by atoms with Crippen molar-refractivity contribution in [1.82, 2.24) is 54.7 Å². The second-order valence-electron chi connectivity index (χ2n) is 16.0. The van der Waals surface area contributed by atoms with Gasteiger partial charge >= 0.3 is 0 Å². The van der Waals surface area contributed by atoms with E-state index in [1.165, 1.54) is 4.68 Å². The van der Waals surface area contributed by atoms with E-state index in [-0.39, 0.29) is 30.8 Å². The minimum absolute atomic E-state index is 0.0927. The Morgan fingerprint density at radius 2 is 1.36 bits per heavy atom. The number of aromatic nitrogens is 9. The first-order valence-electron chi connectivity index (χ1n) is 22.5. The van der Waals surface area contributed by atoms with Crippen LogP contribution >= 0.6 is 0 Å². The molecule has 0 aliphatic carbocycles. The van der Waals surface area contributed by atoms with Gasteiger partial charge in [0.1, 0.15) is 18.4 Å². The maximum atomic E-state index is 14.2. The van der Waals surface area contributed by atoms with Crippen molar-refractivity contribution in [2.45, 2.75) is 57.2 Å². The highest BCUT2D eigenvalue weighted by molar-refractivity contribution is 5.81. The average molecular weight is 918 g/mol. The maximum Gasteiger partial charge on any atom is 0.250 e. The maximum absolute atomic E-state index is 14.2. The number of nitrogens with one attached hydrogen (secondary N) is 1. The van der Waals surface area contributed by atoms with Crippen LogP contribution in [0.25, 0.3) is 0 Å². The summed E-state index contributed by atoms with van der Waals surface area (Å²) in [6.07, 6.45) is 10.6. The molecule has 2 fully saturated rings. The van der Waals surface area contributed by atoms with Crippen molar-refractivity contribution >= 4 is 29.7 Å². The molecule has 4 aromatic rings. The molecule has 3 aromatic heterocycles. The molecule has 0 radical (unpaired) electrons. The van der Waals surface area contributed by atoms with Crippen LogP contribution in [0.3, 0.4) is 0 Å². The Labute approximate surface area is 384 Å². The Hall–Kier alpha value is -6.03. The third-order valence-corrected chi connectivity index (χ3v) is 11.2. The minimum atomic E-state index is -1.00. The second-order valence-corrected chi connectivity index (χ2v) is 16.0. The number of aliphatic hydroxyl groups is 2. The Morgan fingerprint density at radius 3 is 1.97 bits per heavy atom. The van der Waals surface area contributed by atoms with Crippen molar-refractivity contribution in [3.8, 4) is 18.1 Å². The summed E-state index contributed by atoms with van der Waals surface area (Å²) in [7, 11) is 0. The largest absolute Gasteiger partial charge is 0.508 e. The summed E-state index contributed by atoms with van der Waals surface area (Å²) in [5.41, 5.74) is 7.80. The molecule has 2 amide bonds. The molecule has 23 heteroatoms. The van der Waals surface area contributed by atoms with Gasteiger partial charge in [-0.2, -0.15) is 15.0 Å². The van der Waals surface area contributed by atoms with Gasteiger partial charge in [0.2, 0.25) is 29.7 Å². The number of phenols is 1. The molecule has 0 unspecified atom stereocenters. The monoisotopic (exact) mass is 917 g/mol. The molecule has 0 bridgehead atoms. The molecule has 66 heavy (non-hydrogen) atoms. The number of nitrogens with two attached hydrogens (primary N) is 1. The molecular formula is C43H63N15O8. The van der Waals surface area contributed by atoms with Crippen LogP contribution in [0, 0.1) is 12.3 Å². The molecule has 6 N–H and O–H groups in total. The van der Waals surface area contributed by atoms with E-state index >= 15 is 0 Å². The number of piperazine rings is 2. The van der Waals surface area contributed by atoms with Gasteiger partial charge in [-0.1, -0.05) is 28.5 Å². The number of carbonyl (C=O) groups excluding carboxylic acids is 2. The lowest BCUT2D eigenvalue weighted by atomic mass is 10.0. The fourth-order valence-electron chi connectivity index (χ4n) is 7.57. The van der Waals surface area contributed by atoms with Crippen LogP contribution in [-0.4, -0.2) is 200 Å². The van der Waals surface area contributed by atoms with Gasteiger partial charge < -0.3 is 60.2 Å². The average Bonchev–Trinajstić information content (AvgIpc) is 4.00. The first-order chi connectivity index (χ1) is 32.2. The summed E-state index contributed by atoms with van der Waals surface area (Å²) >= 11 is 0. The number of phenolic OH excluding ortho intramolecular Hbond substituents is 1. The number of ether oxygens (including phenoxy) is 3. The van der Waals surface area contributed by atoms with Crippen molar-refractivity contribution in [3.63, 3.8) is 0 Å². The van der Waals surface area contributed by atoms with Crippen LogP contribution in [0.5, 0.6) is 5.75 Å². The zero-order valence-corrected chi connectivity index (χ0v) is 37.6. The van der Waals surface area contributed by atoms with Crippen LogP contribution in [0.4, 0.5) is 17.8 Å². The van der Waals surface area contributed by atoms with Crippen LogP contribution in [0.1, 0.15) is 48.8 Å². The predicted molar refractivity (Wildman–Crippen MR) is 242 cm³/mol. The lowest BCUT2D eigenvalue weighted by molar-refractivity contribution is -0.138. The smallest absolute Gasteiger partial charge is 0.250 e. The van der Waals surface area contributed by atoms with E-state index in [9.17, 15) is 24.9 Å². The van der Waals surface area contributed by atoms with Gasteiger partial charge in [0.05, 0.1) is 50.5 Å². The number of nitrogens with zero attached hydrogens (tertiary/aromatic N) is 13. The third kappa shape index (κ3) is 14.2. The van der Waals surface area contributed by atoms with Crippen LogP contribution in [0.15, 0.2) is 36.7 Å². The zero-order valence-electron chi connectivity index (χ0n) is 37.6. The topological polar surface area (TPSA) is 274 Å². The fourth-order valence-corrected chi connectivity index (χ4v) is 7.57. The minimum Gasteiger partial charge on any atom is -0.508 e. The summed E-state index contributed by atoms with van der Waals surface area (Å²) < 4.78 is 19.5. The highest BCUT2D eigenvalue weighted by Crippen LogP contribution is 2.24. The van der Waals surface area contributed by atoms with Gasteiger partial charge in [-0.15, -0.1) is 16.6 Å². The highest BCUT2D eigenvalue weighted by atomic mass is 16.5.